The Bertz CT molecular complexity index is 325. The van der Waals surface area contributed by atoms with Crippen LogP contribution in [0.1, 0.15) is 13.8 Å². The number of carbonyl (C=O) groups excluding carboxylic acids is 2. The number of nitrogens with zero attached hydrogens (tertiary/aromatic N) is 3. The van der Waals surface area contributed by atoms with Crippen LogP contribution in [0.3, 0.4) is 0 Å². The molecule has 0 aliphatic rings. The topological polar surface area (TPSA) is 71.4 Å². The molecule has 0 heterocycles. The maximum atomic E-state index is 11.5. The quantitative estimate of drug-likeness (QED) is 0.261. The normalized spacial score (nSPS) is 10.8. The summed E-state index contributed by atoms with van der Waals surface area (Å²) >= 11 is 2.22. The first-order chi connectivity index (χ1) is 8.42. The summed E-state index contributed by atoms with van der Waals surface area (Å²) in [5.74, 6) is 0. The SMILES string of the molecule is CCOC(=O)N(C)SN(C)C(=O)ON=C(C)SC. The molecule has 0 rings (SSSR count). The first-order valence-electron chi connectivity index (χ1n) is 5.04. The van der Waals surface area contributed by atoms with Crippen molar-refractivity contribution in [3.8, 4) is 0 Å². The fourth-order valence-electron chi connectivity index (χ4n) is 0.663. The van der Waals surface area contributed by atoms with Crippen molar-refractivity contribution in [1.82, 2.24) is 8.61 Å². The smallest absolute Gasteiger partial charge is 0.447 e. The van der Waals surface area contributed by atoms with Crippen molar-refractivity contribution in [2.75, 3.05) is 27.0 Å². The van der Waals surface area contributed by atoms with Crippen LogP contribution in [-0.2, 0) is 9.57 Å². The van der Waals surface area contributed by atoms with Gasteiger partial charge in [0.2, 0.25) is 0 Å². The molecule has 0 unspecified atom stereocenters. The average Bonchev–Trinajstić information content (AvgIpc) is 2.35. The third-order valence-electron chi connectivity index (χ3n) is 1.57. The minimum atomic E-state index is -0.676. The molecule has 18 heavy (non-hydrogen) atoms. The Morgan fingerprint density at radius 2 is 1.78 bits per heavy atom. The summed E-state index contributed by atoms with van der Waals surface area (Å²) < 4.78 is 7.07. The molecule has 0 aromatic rings. The van der Waals surface area contributed by atoms with Crippen molar-refractivity contribution in [3.63, 3.8) is 0 Å². The van der Waals surface area contributed by atoms with Crippen molar-refractivity contribution < 1.29 is 19.2 Å². The van der Waals surface area contributed by atoms with Gasteiger partial charge in [-0.15, -0.1) is 11.8 Å². The van der Waals surface area contributed by atoms with Crippen LogP contribution < -0.4 is 0 Å². The summed E-state index contributed by atoms with van der Waals surface area (Å²) in [7, 11) is 2.95. The third kappa shape index (κ3) is 6.60. The van der Waals surface area contributed by atoms with Crippen molar-refractivity contribution in [2.24, 2.45) is 5.16 Å². The summed E-state index contributed by atoms with van der Waals surface area (Å²) in [5, 5.41) is 4.22. The predicted octanol–water partition coefficient (Wildman–Crippen LogP) is 2.40. The molecule has 0 saturated carbocycles. The lowest BCUT2D eigenvalue weighted by Crippen LogP contribution is -2.29. The van der Waals surface area contributed by atoms with Gasteiger partial charge in [-0.3, -0.25) is 4.84 Å². The van der Waals surface area contributed by atoms with Crippen LogP contribution >= 0.6 is 23.9 Å². The predicted molar refractivity (Wildman–Crippen MR) is 73.2 cm³/mol. The molecule has 0 atom stereocenters. The van der Waals surface area contributed by atoms with Gasteiger partial charge >= 0.3 is 12.2 Å². The largest absolute Gasteiger partial charge is 0.449 e. The van der Waals surface area contributed by atoms with Crippen LogP contribution in [0.25, 0.3) is 0 Å². The first kappa shape index (κ1) is 16.9. The fraction of sp³-hybridized carbons (Fsp3) is 0.667. The molecule has 7 nitrogen and oxygen atoms in total. The molecule has 0 saturated heterocycles. The van der Waals surface area contributed by atoms with E-state index in [1.807, 2.05) is 6.26 Å². The van der Waals surface area contributed by atoms with E-state index in [-0.39, 0.29) is 6.61 Å². The highest BCUT2D eigenvalue weighted by Gasteiger charge is 2.18. The molecule has 0 aromatic carbocycles. The molecule has 104 valence electrons. The molecule has 0 spiro atoms. The number of oxime groups is 1. The van der Waals surface area contributed by atoms with E-state index in [1.165, 1.54) is 30.2 Å². The Morgan fingerprint density at radius 3 is 2.28 bits per heavy atom. The van der Waals surface area contributed by atoms with Crippen LogP contribution in [0.5, 0.6) is 0 Å². The number of amides is 2. The number of ether oxygens (including phenoxy) is 1. The monoisotopic (exact) mass is 295 g/mol. The van der Waals surface area contributed by atoms with E-state index < -0.39 is 12.2 Å². The number of carbonyl (C=O) groups is 2. The second kappa shape index (κ2) is 8.92. The average molecular weight is 295 g/mol. The molecule has 0 N–H and O–H groups in total. The lowest BCUT2D eigenvalue weighted by molar-refractivity contribution is 0.132. The molecular weight excluding hydrogens is 278 g/mol. The van der Waals surface area contributed by atoms with Gasteiger partial charge in [0.05, 0.1) is 18.7 Å². The fourth-order valence-corrected chi connectivity index (χ4v) is 1.36. The van der Waals surface area contributed by atoms with E-state index in [2.05, 4.69) is 9.99 Å². The molecule has 0 radical (unpaired) electrons. The highest BCUT2D eigenvalue weighted by molar-refractivity contribution is 8.13. The van der Waals surface area contributed by atoms with E-state index in [0.29, 0.717) is 5.04 Å². The van der Waals surface area contributed by atoms with Crippen molar-refractivity contribution in [2.45, 2.75) is 13.8 Å². The molecule has 0 aliphatic carbocycles. The maximum absolute atomic E-state index is 11.5. The second-order valence-corrected chi connectivity index (χ2v) is 5.20. The zero-order valence-corrected chi connectivity index (χ0v) is 12.6. The van der Waals surface area contributed by atoms with Crippen LogP contribution in [0, 0.1) is 0 Å². The molecule has 9 heteroatoms. The number of rotatable bonds is 4. The number of hydrogen-bond acceptors (Lipinski definition) is 7. The first-order valence-corrected chi connectivity index (χ1v) is 6.99. The summed E-state index contributed by atoms with van der Waals surface area (Å²) in [4.78, 5) is 27.4. The van der Waals surface area contributed by atoms with Gasteiger partial charge in [-0.2, -0.15) is 0 Å². The Balaban J connectivity index is 4.19. The van der Waals surface area contributed by atoms with E-state index in [4.69, 9.17) is 4.74 Å². The number of thioether (sulfide) groups is 1. The van der Waals surface area contributed by atoms with Gasteiger partial charge in [0, 0.05) is 14.1 Å². The lowest BCUT2D eigenvalue weighted by atomic mass is 10.9. The van der Waals surface area contributed by atoms with E-state index in [0.717, 1.165) is 16.4 Å². The molecular formula is C9H17N3O4S2. The second-order valence-electron chi connectivity index (χ2n) is 2.95. The van der Waals surface area contributed by atoms with Gasteiger partial charge < -0.3 is 4.74 Å². The van der Waals surface area contributed by atoms with Gasteiger partial charge in [0.25, 0.3) is 0 Å². The van der Waals surface area contributed by atoms with Crippen LogP contribution in [0.15, 0.2) is 5.16 Å². The van der Waals surface area contributed by atoms with Gasteiger partial charge in [-0.05, 0) is 20.1 Å². The lowest BCUT2D eigenvalue weighted by Gasteiger charge is -2.20. The summed E-state index contributed by atoms with van der Waals surface area (Å²) in [6, 6.07) is 0. The minimum Gasteiger partial charge on any atom is -0.449 e. The van der Waals surface area contributed by atoms with Gasteiger partial charge in [0.15, 0.2) is 0 Å². The van der Waals surface area contributed by atoms with Crippen LogP contribution in [0.2, 0.25) is 0 Å². The molecule has 0 bridgehead atoms. The maximum Gasteiger partial charge on any atom is 0.447 e. The zero-order valence-electron chi connectivity index (χ0n) is 11.0. The molecule has 2 amide bonds. The Morgan fingerprint density at radius 1 is 1.22 bits per heavy atom. The zero-order chi connectivity index (χ0) is 14.1. The van der Waals surface area contributed by atoms with E-state index >= 15 is 0 Å². The van der Waals surface area contributed by atoms with Crippen LogP contribution in [0.4, 0.5) is 9.59 Å². The molecule has 0 aromatic heterocycles. The summed E-state index contributed by atoms with van der Waals surface area (Å²) in [6.07, 6.45) is 0.607. The van der Waals surface area contributed by atoms with Crippen molar-refractivity contribution >= 4 is 41.1 Å². The Kier molecular flexibility index (Phi) is 8.38. The minimum absolute atomic E-state index is 0.273. The van der Waals surface area contributed by atoms with Crippen molar-refractivity contribution in [1.29, 1.82) is 0 Å². The van der Waals surface area contributed by atoms with E-state index in [9.17, 15) is 9.59 Å². The van der Waals surface area contributed by atoms with Gasteiger partial charge in [-0.25, -0.2) is 18.2 Å². The summed E-state index contributed by atoms with van der Waals surface area (Å²) in [5.41, 5.74) is 0. The Hall–Kier alpha value is -1.09. The third-order valence-corrected chi connectivity index (χ3v) is 3.03. The summed E-state index contributed by atoms with van der Waals surface area (Å²) in [6.45, 7) is 3.69. The number of hydrogen-bond donors (Lipinski definition) is 0. The standard InChI is InChI=1S/C9H17N3O4S2/c1-6-15-8(13)11(3)18-12(4)9(14)16-10-7(2)17-5/h6H2,1-5H3. The van der Waals surface area contributed by atoms with Crippen molar-refractivity contribution in [3.05, 3.63) is 0 Å². The highest BCUT2D eigenvalue weighted by atomic mass is 32.2. The molecule has 0 fully saturated rings. The van der Waals surface area contributed by atoms with Gasteiger partial charge in [-0.1, -0.05) is 5.16 Å². The van der Waals surface area contributed by atoms with Gasteiger partial charge in [0.1, 0.15) is 5.04 Å². The molecule has 0 aliphatic heterocycles. The Labute approximate surface area is 115 Å². The van der Waals surface area contributed by atoms with E-state index in [1.54, 1.807) is 13.8 Å². The highest BCUT2D eigenvalue weighted by Crippen LogP contribution is 2.14. The van der Waals surface area contributed by atoms with Crippen LogP contribution in [-0.4, -0.2) is 52.8 Å².